The fourth-order valence-corrected chi connectivity index (χ4v) is 2.55. The van der Waals surface area contributed by atoms with Crippen LogP contribution in [0.2, 0.25) is 0 Å². The van der Waals surface area contributed by atoms with Crippen molar-refractivity contribution in [2.75, 3.05) is 19.0 Å². The van der Waals surface area contributed by atoms with Crippen LogP contribution in [0.15, 0.2) is 36.9 Å². The third-order valence-electron chi connectivity index (χ3n) is 2.98. The number of nitrogens with one attached hydrogen (secondary N) is 1. The first-order valence-electron chi connectivity index (χ1n) is 6.83. The standard InChI is InChI=1S/C14H16N6OS/c1-21-7-4-13-18-14(22-19-13)17-12-8-16-20(10-12)9-11-2-5-15-6-3-11/h2-3,5-6,8,10H,4,7,9H2,1H3,(H,17,18,19). The molecule has 8 heteroatoms. The van der Waals surface area contributed by atoms with E-state index in [0.29, 0.717) is 13.2 Å². The molecule has 1 N–H and O–H groups in total. The Hall–Kier alpha value is -2.32. The minimum absolute atomic E-state index is 0.625. The van der Waals surface area contributed by atoms with Gasteiger partial charge in [-0.05, 0) is 17.7 Å². The minimum atomic E-state index is 0.625. The van der Waals surface area contributed by atoms with Crippen molar-refractivity contribution in [3.05, 3.63) is 48.3 Å². The van der Waals surface area contributed by atoms with Crippen molar-refractivity contribution in [2.45, 2.75) is 13.0 Å². The summed E-state index contributed by atoms with van der Waals surface area (Å²) in [5.41, 5.74) is 2.05. The predicted octanol–water partition coefficient (Wildman–Crippen LogP) is 2.11. The summed E-state index contributed by atoms with van der Waals surface area (Å²) in [4.78, 5) is 8.41. The summed E-state index contributed by atoms with van der Waals surface area (Å²) in [7, 11) is 1.67. The van der Waals surface area contributed by atoms with E-state index in [1.165, 1.54) is 11.5 Å². The van der Waals surface area contributed by atoms with Crippen LogP contribution in [0.5, 0.6) is 0 Å². The van der Waals surface area contributed by atoms with Gasteiger partial charge in [0.25, 0.3) is 0 Å². The van der Waals surface area contributed by atoms with Gasteiger partial charge in [0.15, 0.2) is 0 Å². The average molecular weight is 316 g/mol. The van der Waals surface area contributed by atoms with Gasteiger partial charge >= 0.3 is 0 Å². The van der Waals surface area contributed by atoms with Crippen LogP contribution in [-0.4, -0.2) is 37.8 Å². The Bertz CT molecular complexity index is 711. The number of rotatable bonds is 7. The van der Waals surface area contributed by atoms with Crippen molar-refractivity contribution in [3.8, 4) is 0 Å². The lowest BCUT2D eigenvalue weighted by molar-refractivity contribution is 0.201. The topological polar surface area (TPSA) is 77.8 Å². The zero-order valence-electron chi connectivity index (χ0n) is 12.1. The van der Waals surface area contributed by atoms with Gasteiger partial charge < -0.3 is 10.1 Å². The van der Waals surface area contributed by atoms with E-state index in [9.17, 15) is 0 Å². The first-order valence-corrected chi connectivity index (χ1v) is 7.61. The SMILES string of the molecule is COCCc1nsc(Nc2cnn(Cc3ccncc3)c2)n1. The van der Waals surface area contributed by atoms with E-state index >= 15 is 0 Å². The molecule has 3 aromatic heterocycles. The highest BCUT2D eigenvalue weighted by molar-refractivity contribution is 7.09. The summed E-state index contributed by atoms with van der Waals surface area (Å²) in [6.07, 6.45) is 7.99. The highest BCUT2D eigenvalue weighted by Crippen LogP contribution is 2.18. The van der Waals surface area contributed by atoms with Gasteiger partial charge in [0.1, 0.15) is 5.82 Å². The van der Waals surface area contributed by atoms with Gasteiger partial charge in [-0.2, -0.15) is 9.47 Å². The van der Waals surface area contributed by atoms with Crippen LogP contribution < -0.4 is 5.32 Å². The van der Waals surface area contributed by atoms with Crippen LogP contribution in [0.4, 0.5) is 10.8 Å². The molecule has 114 valence electrons. The third-order valence-corrected chi connectivity index (χ3v) is 3.64. The second-order valence-electron chi connectivity index (χ2n) is 4.67. The molecule has 0 bridgehead atoms. The summed E-state index contributed by atoms with van der Waals surface area (Å²) < 4.78 is 11.2. The molecule has 0 saturated heterocycles. The van der Waals surface area contributed by atoms with E-state index in [1.807, 2.05) is 23.0 Å². The van der Waals surface area contributed by atoms with Gasteiger partial charge in [0.05, 0.1) is 25.0 Å². The summed E-state index contributed by atoms with van der Waals surface area (Å²) in [5, 5.41) is 8.31. The molecule has 3 heterocycles. The van der Waals surface area contributed by atoms with Gasteiger partial charge in [-0.3, -0.25) is 9.67 Å². The van der Waals surface area contributed by atoms with Gasteiger partial charge in [0, 0.05) is 43.7 Å². The fraction of sp³-hybridized carbons (Fsp3) is 0.286. The lowest BCUT2D eigenvalue weighted by atomic mass is 10.3. The van der Waals surface area contributed by atoms with Crippen LogP contribution in [0.25, 0.3) is 0 Å². The molecule has 22 heavy (non-hydrogen) atoms. The molecule has 3 aromatic rings. The Morgan fingerprint density at radius 3 is 3.00 bits per heavy atom. The Morgan fingerprint density at radius 1 is 1.32 bits per heavy atom. The van der Waals surface area contributed by atoms with Crippen molar-refractivity contribution in [3.63, 3.8) is 0 Å². The first-order chi connectivity index (χ1) is 10.8. The molecular formula is C14H16N6OS. The molecule has 0 saturated carbocycles. The number of ether oxygens (including phenoxy) is 1. The molecule has 0 spiro atoms. The van der Waals surface area contributed by atoms with Crippen molar-refractivity contribution in [1.82, 2.24) is 24.1 Å². The smallest absolute Gasteiger partial charge is 0.207 e. The Labute approximate surface area is 132 Å². The van der Waals surface area contributed by atoms with E-state index in [-0.39, 0.29) is 0 Å². The zero-order chi connectivity index (χ0) is 15.2. The van der Waals surface area contributed by atoms with E-state index in [4.69, 9.17) is 4.74 Å². The van der Waals surface area contributed by atoms with Crippen LogP contribution in [0.3, 0.4) is 0 Å². The Balaban J connectivity index is 1.60. The molecule has 0 aliphatic heterocycles. The second-order valence-corrected chi connectivity index (χ2v) is 5.42. The number of aromatic nitrogens is 5. The Morgan fingerprint density at radius 2 is 2.18 bits per heavy atom. The average Bonchev–Trinajstić information content (AvgIpc) is 3.16. The van der Waals surface area contributed by atoms with E-state index in [2.05, 4.69) is 24.8 Å². The first kappa shape index (κ1) is 14.6. The van der Waals surface area contributed by atoms with Crippen molar-refractivity contribution < 1.29 is 4.74 Å². The molecule has 0 amide bonds. The summed E-state index contributed by atoms with van der Waals surface area (Å²) in [6, 6.07) is 3.95. The normalized spacial score (nSPS) is 10.8. The summed E-state index contributed by atoms with van der Waals surface area (Å²) >= 11 is 1.33. The zero-order valence-corrected chi connectivity index (χ0v) is 13.0. The largest absolute Gasteiger partial charge is 0.384 e. The number of pyridine rings is 1. The molecule has 3 rings (SSSR count). The molecule has 0 aromatic carbocycles. The highest BCUT2D eigenvalue weighted by atomic mass is 32.1. The fourth-order valence-electron chi connectivity index (χ4n) is 1.91. The third kappa shape index (κ3) is 3.86. The molecular weight excluding hydrogens is 300 g/mol. The number of methoxy groups -OCH3 is 1. The maximum atomic E-state index is 5.02. The van der Waals surface area contributed by atoms with Gasteiger partial charge in [-0.1, -0.05) is 0 Å². The van der Waals surface area contributed by atoms with Crippen LogP contribution in [-0.2, 0) is 17.7 Å². The monoisotopic (exact) mass is 316 g/mol. The van der Waals surface area contributed by atoms with Gasteiger partial charge in [-0.25, -0.2) is 4.98 Å². The Kier molecular flexibility index (Phi) is 4.71. The van der Waals surface area contributed by atoms with E-state index < -0.39 is 0 Å². The van der Waals surface area contributed by atoms with Crippen molar-refractivity contribution in [2.24, 2.45) is 0 Å². The number of anilines is 2. The van der Waals surface area contributed by atoms with Crippen molar-refractivity contribution in [1.29, 1.82) is 0 Å². The molecule has 0 aliphatic rings. The molecule has 0 radical (unpaired) electrons. The summed E-state index contributed by atoms with van der Waals surface area (Å²) in [6.45, 7) is 1.33. The second kappa shape index (κ2) is 7.10. The van der Waals surface area contributed by atoms with E-state index in [0.717, 1.165) is 28.6 Å². The molecule has 0 atom stereocenters. The van der Waals surface area contributed by atoms with Crippen LogP contribution in [0, 0.1) is 0 Å². The highest BCUT2D eigenvalue weighted by Gasteiger charge is 2.06. The maximum absolute atomic E-state index is 5.02. The lowest BCUT2D eigenvalue weighted by Gasteiger charge is -2.00. The molecule has 7 nitrogen and oxygen atoms in total. The molecule has 0 fully saturated rings. The number of nitrogens with zero attached hydrogens (tertiary/aromatic N) is 5. The molecule has 0 unspecified atom stereocenters. The van der Waals surface area contributed by atoms with Gasteiger partial charge in [0.2, 0.25) is 5.13 Å². The number of hydrogen-bond acceptors (Lipinski definition) is 7. The quantitative estimate of drug-likeness (QED) is 0.719. The molecule has 0 aliphatic carbocycles. The number of hydrogen-bond donors (Lipinski definition) is 1. The minimum Gasteiger partial charge on any atom is -0.384 e. The van der Waals surface area contributed by atoms with Crippen LogP contribution in [0.1, 0.15) is 11.4 Å². The van der Waals surface area contributed by atoms with Gasteiger partial charge in [-0.15, -0.1) is 0 Å². The maximum Gasteiger partial charge on any atom is 0.207 e. The van der Waals surface area contributed by atoms with E-state index in [1.54, 1.807) is 25.7 Å². The lowest BCUT2D eigenvalue weighted by Crippen LogP contribution is -1.99. The summed E-state index contributed by atoms with van der Waals surface area (Å²) in [5.74, 6) is 0.790. The van der Waals surface area contributed by atoms with Crippen molar-refractivity contribution >= 4 is 22.4 Å². The van der Waals surface area contributed by atoms with Crippen LogP contribution >= 0.6 is 11.5 Å². The predicted molar refractivity (Wildman–Crippen MR) is 84.3 cm³/mol.